The number of rotatable bonds is 1. The molecule has 0 unspecified atom stereocenters. The molecule has 4 heterocycles. The molecule has 4 aromatic rings. The predicted octanol–water partition coefficient (Wildman–Crippen LogP) is 3.19. The largest absolute Gasteiger partial charge is 0.346 e. The highest BCUT2D eigenvalue weighted by molar-refractivity contribution is 5.94. The van der Waals surface area contributed by atoms with Crippen molar-refractivity contribution in [1.29, 1.82) is 0 Å². The summed E-state index contributed by atoms with van der Waals surface area (Å²) in [5.74, 6) is 0. The van der Waals surface area contributed by atoms with Gasteiger partial charge in [0.25, 0.3) is 0 Å². The van der Waals surface area contributed by atoms with Gasteiger partial charge in [-0.25, -0.2) is 9.50 Å². The van der Waals surface area contributed by atoms with Gasteiger partial charge in [0.2, 0.25) is 0 Å². The van der Waals surface area contributed by atoms with Gasteiger partial charge in [-0.05, 0) is 42.3 Å². The van der Waals surface area contributed by atoms with Gasteiger partial charge in [-0.1, -0.05) is 0 Å². The molecule has 0 aromatic carbocycles. The van der Waals surface area contributed by atoms with Gasteiger partial charge in [-0.15, -0.1) is 0 Å². The fraction of sp³-hybridized carbons (Fsp3) is 0.0667. The Morgan fingerprint density at radius 1 is 1.21 bits per heavy atom. The third-order valence-corrected chi connectivity index (χ3v) is 3.38. The second-order valence-corrected chi connectivity index (χ2v) is 4.73. The quantitative estimate of drug-likeness (QED) is 0.562. The van der Waals surface area contributed by atoms with Crippen LogP contribution in [0.15, 0.2) is 49.1 Å². The van der Waals surface area contributed by atoms with E-state index in [1.165, 1.54) is 16.7 Å². The van der Waals surface area contributed by atoms with Crippen LogP contribution in [0.3, 0.4) is 0 Å². The van der Waals surface area contributed by atoms with E-state index in [2.05, 4.69) is 40.2 Å². The van der Waals surface area contributed by atoms with Crippen molar-refractivity contribution in [2.45, 2.75) is 6.92 Å². The van der Waals surface area contributed by atoms with Crippen LogP contribution >= 0.6 is 0 Å². The minimum Gasteiger partial charge on any atom is -0.346 e. The molecule has 0 amide bonds. The molecule has 1 N–H and O–H groups in total. The Balaban J connectivity index is 2.00. The van der Waals surface area contributed by atoms with E-state index in [4.69, 9.17) is 0 Å². The third-order valence-electron chi connectivity index (χ3n) is 3.38. The Morgan fingerprint density at radius 3 is 3.11 bits per heavy atom. The summed E-state index contributed by atoms with van der Waals surface area (Å²) >= 11 is 0. The maximum atomic E-state index is 4.41. The molecule has 0 atom stereocenters. The number of hydrogen-bond acceptors (Lipinski definition) is 2. The zero-order valence-corrected chi connectivity index (χ0v) is 10.5. The summed E-state index contributed by atoms with van der Waals surface area (Å²) in [6, 6.07) is 8.37. The molecule has 0 radical (unpaired) electrons. The normalized spacial score (nSPS) is 11.4. The fourth-order valence-electron chi connectivity index (χ4n) is 2.44. The number of aromatic nitrogens is 4. The summed E-state index contributed by atoms with van der Waals surface area (Å²) in [5.41, 5.74) is 5.53. The molecule has 19 heavy (non-hydrogen) atoms. The molecule has 0 aliphatic heterocycles. The van der Waals surface area contributed by atoms with Crippen LogP contribution in [-0.2, 0) is 0 Å². The first-order valence-corrected chi connectivity index (χ1v) is 6.19. The van der Waals surface area contributed by atoms with E-state index in [1.807, 2.05) is 29.2 Å². The zero-order valence-electron chi connectivity index (χ0n) is 10.5. The van der Waals surface area contributed by atoms with Crippen LogP contribution in [0.4, 0.5) is 0 Å². The minimum absolute atomic E-state index is 0.925. The van der Waals surface area contributed by atoms with Crippen LogP contribution in [0.25, 0.3) is 27.7 Å². The monoisotopic (exact) mass is 248 g/mol. The van der Waals surface area contributed by atoms with Gasteiger partial charge in [-0.3, -0.25) is 0 Å². The van der Waals surface area contributed by atoms with E-state index < -0.39 is 0 Å². The van der Waals surface area contributed by atoms with Crippen LogP contribution in [0.5, 0.6) is 0 Å². The lowest BCUT2D eigenvalue weighted by Crippen LogP contribution is -1.86. The van der Waals surface area contributed by atoms with Gasteiger partial charge < -0.3 is 4.98 Å². The average Bonchev–Trinajstić information content (AvgIpc) is 3.03. The summed E-state index contributed by atoms with van der Waals surface area (Å²) < 4.78 is 1.86. The third kappa shape index (κ3) is 1.53. The Labute approximate surface area is 109 Å². The number of hydrogen-bond donors (Lipinski definition) is 1. The predicted molar refractivity (Wildman–Crippen MR) is 75.0 cm³/mol. The number of pyridine rings is 2. The lowest BCUT2D eigenvalue weighted by Gasteiger charge is -2.01. The molecule has 0 fully saturated rings. The SMILES string of the molecule is Cc1cnc2[nH]cc(-c3ccn4nccc4c3)c2c1. The standard InChI is InChI=1S/C15H12N4/c1-10-6-13-14(9-17-15(13)16-8-10)11-3-5-19-12(7-11)2-4-18-19/h2-9H,1H3,(H,16,17). The first-order chi connectivity index (χ1) is 9.31. The molecule has 0 bridgehead atoms. The highest BCUT2D eigenvalue weighted by Gasteiger charge is 2.08. The van der Waals surface area contributed by atoms with Crippen molar-refractivity contribution in [2.24, 2.45) is 0 Å². The number of H-pyrrole nitrogens is 1. The van der Waals surface area contributed by atoms with Crippen molar-refractivity contribution < 1.29 is 0 Å². The van der Waals surface area contributed by atoms with Gasteiger partial charge in [0.1, 0.15) is 5.65 Å². The number of nitrogens with one attached hydrogen (secondary N) is 1. The molecule has 0 aliphatic carbocycles. The number of nitrogens with zero attached hydrogens (tertiary/aromatic N) is 3. The molecule has 0 spiro atoms. The van der Waals surface area contributed by atoms with E-state index in [-0.39, 0.29) is 0 Å². The Hall–Kier alpha value is -2.62. The highest BCUT2D eigenvalue weighted by Crippen LogP contribution is 2.28. The molecule has 4 heteroatoms. The molecule has 0 saturated carbocycles. The topological polar surface area (TPSA) is 46.0 Å². The maximum absolute atomic E-state index is 4.41. The molecular weight excluding hydrogens is 236 g/mol. The van der Waals surface area contributed by atoms with Gasteiger partial charge in [0, 0.05) is 35.7 Å². The smallest absolute Gasteiger partial charge is 0.137 e. The molecular formula is C15H12N4. The molecule has 0 saturated heterocycles. The van der Waals surface area contributed by atoms with Crippen LogP contribution in [0.1, 0.15) is 5.56 Å². The van der Waals surface area contributed by atoms with Gasteiger partial charge in [-0.2, -0.15) is 5.10 Å². The molecule has 4 aromatic heterocycles. The second-order valence-electron chi connectivity index (χ2n) is 4.73. The van der Waals surface area contributed by atoms with Crippen molar-refractivity contribution in [3.05, 3.63) is 54.6 Å². The van der Waals surface area contributed by atoms with E-state index in [0.29, 0.717) is 0 Å². The summed E-state index contributed by atoms with van der Waals surface area (Å²) in [7, 11) is 0. The average molecular weight is 248 g/mol. The fourth-order valence-corrected chi connectivity index (χ4v) is 2.44. The summed E-state index contributed by atoms with van der Waals surface area (Å²) in [4.78, 5) is 7.63. The molecule has 92 valence electrons. The first kappa shape index (κ1) is 10.3. The van der Waals surface area contributed by atoms with Gasteiger partial charge in [0.15, 0.2) is 0 Å². The Bertz CT molecular complexity index is 885. The van der Waals surface area contributed by atoms with Crippen LogP contribution < -0.4 is 0 Å². The van der Waals surface area contributed by atoms with Crippen LogP contribution in [0, 0.1) is 6.92 Å². The van der Waals surface area contributed by atoms with Crippen LogP contribution in [-0.4, -0.2) is 19.6 Å². The second kappa shape index (κ2) is 3.68. The Morgan fingerprint density at radius 2 is 2.16 bits per heavy atom. The zero-order chi connectivity index (χ0) is 12.8. The lowest BCUT2D eigenvalue weighted by atomic mass is 10.1. The van der Waals surface area contributed by atoms with Crippen molar-refractivity contribution in [3.63, 3.8) is 0 Å². The van der Waals surface area contributed by atoms with Crippen LogP contribution in [0.2, 0.25) is 0 Å². The minimum atomic E-state index is 0.925. The first-order valence-electron chi connectivity index (χ1n) is 6.19. The van der Waals surface area contributed by atoms with Crippen molar-refractivity contribution >= 4 is 16.6 Å². The van der Waals surface area contributed by atoms with E-state index in [9.17, 15) is 0 Å². The van der Waals surface area contributed by atoms with E-state index in [1.54, 1.807) is 6.20 Å². The number of aromatic amines is 1. The summed E-state index contributed by atoms with van der Waals surface area (Å²) in [5, 5.41) is 5.37. The molecule has 4 rings (SSSR count). The number of fused-ring (bicyclic) bond motifs is 2. The molecule has 4 nitrogen and oxygen atoms in total. The number of aryl methyl sites for hydroxylation is 1. The lowest BCUT2D eigenvalue weighted by molar-refractivity contribution is 0.962. The molecule has 0 aliphatic rings. The Kier molecular flexibility index (Phi) is 2.00. The maximum Gasteiger partial charge on any atom is 0.137 e. The van der Waals surface area contributed by atoms with Crippen molar-refractivity contribution in [3.8, 4) is 11.1 Å². The van der Waals surface area contributed by atoms with Crippen molar-refractivity contribution in [2.75, 3.05) is 0 Å². The van der Waals surface area contributed by atoms with Crippen molar-refractivity contribution in [1.82, 2.24) is 19.6 Å². The summed E-state index contributed by atoms with van der Waals surface area (Å²) in [6.07, 6.45) is 7.68. The highest BCUT2D eigenvalue weighted by atomic mass is 15.2. The van der Waals surface area contributed by atoms with Gasteiger partial charge >= 0.3 is 0 Å². The van der Waals surface area contributed by atoms with E-state index >= 15 is 0 Å². The summed E-state index contributed by atoms with van der Waals surface area (Å²) in [6.45, 7) is 2.06. The van der Waals surface area contributed by atoms with Gasteiger partial charge in [0.05, 0.1) is 5.52 Å². The van der Waals surface area contributed by atoms with E-state index in [0.717, 1.165) is 16.6 Å².